The fourth-order valence-electron chi connectivity index (χ4n) is 3.73. The summed E-state index contributed by atoms with van der Waals surface area (Å²) in [5.41, 5.74) is 3.44. The van der Waals surface area contributed by atoms with Crippen LogP contribution in [0.3, 0.4) is 0 Å². The van der Waals surface area contributed by atoms with Crippen LogP contribution in [-0.4, -0.2) is 57.1 Å². The number of guanidine groups is 1. The van der Waals surface area contributed by atoms with Crippen molar-refractivity contribution >= 4 is 52.3 Å². The number of hydrogen-bond acceptors (Lipinski definition) is 5. The van der Waals surface area contributed by atoms with Crippen LogP contribution in [0.5, 0.6) is 0 Å². The normalized spacial score (nSPS) is 14.2. The van der Waals surface area contributed by atoms with Gasteiger partial charge in [0, 0.05) is 43.8 Å². The summed E-state index contributed by atoms with van der Waals surface area (Å²) in [7, 11) is 0. The number of aromatic nitrogens is 3. The molecule has 2 aromatic heterocycles. The van der Waals surface area contributed by atoms with Gasteiger partial charge in [0.1, 0.15) is 5.82 Å². The highest BCUT2D eigenvalue weighted by molar-refractivity contribution is 7.80. The third-order valence-electron chi connectivity index (χ3n) is 5.40. The van der Waals surface area contributed by atoms with E-state index in [0.717, 1.165) is 54.6 Å². The summed E-state index contributed by atoms with van der Waals surface area (Å²) >= 11 is 12.0. The number of aryl methyl sites for hydroxylation is 3. The van der Waals surface area contributed by atoms with Gasteiger partial charge in [-0.15, -0.1) is 0 Å². The van der Waals surface area contributed by atoms with Crippen LogP contribution in [0.2, 0.25) is 5.02 Å². The van der Waals surface area contributed by atoms with E-state index < -0.39 is 0 Å². The fourth-order valence-corrected chi connectivity index (χ4v) is 4.10. The molecule has 0 aliphatic carbocycles. The van der Waals surface area contributed by atoms with Crippen LogP contribution < -0.4 is 15.5 Å². The van der Waals surface area contributed by atoms with E-state index in [1.54, 1.807) is 0 Å². The third-order valence-corrected chi connectivity index (χ3v) is 6.09. The molecule has 1 saturated heterocycles. The minimum Gasteiger partial charge on any atom is -0.353 e. The molecular formula is C24H27ClN8S. The molecule has 1 aliphatic heterocycles. The number of nitrogens with one attached hydrogen (secondary N) is 2. The second-order valence-electron chi connectivity index (χ2n) is 8.06. The van der Waals surface area contributed by atoms with Gasteiger partial charge in [0.15, 0.2) is 0 Å². The van der Waals surface area contributed by atoms with E-state index in [0.29, 0.717) is 22.0 Å². The molecule has 10 heteroatoms. The number of piperazine rings is 1. The van der Waals surface area contributed by atoms with Crippen molar-refractivity contribution in [2.75, 3.05) is 41.7 Å². The molecule has 1 fully saturated rings. The molecule has 4 rings (SSSR count). The van der Waals surface area contributed by atoms with Crippen molar-refractivity contribution in [1.29, 1.82) is 0 Å². The lowest BCUT2D eigenvalue weighted by Gasteiger charge is -2.36. The van der Waals surface area contributed by atoms with E-state index >= 15 is 0 Å². The van der Waals surface area contributed by atoms with Crippen molar-refractivity contribution < 1.29 is 0 Å². The van der Waals surface area contributed by atoms with Crippen LogP contribution in [0, 0.1) is 20.8 Å². The van der Waals surface area contributed by atoms with Crippen molar-refractivity contribution in [3.05, 3.63) is 70.6 Å². The summed E-state index contributed by atoms with van der Waals surface area (Å²) in [6.45, 7) is 8.90. The lowest BCUT2D eigenvalue weighted by molar-refractivity contribution is 0.384. The molecule has 0 amide bonds. The fraction of sp³-hybridized carbons (Fsp3) is 0.292. The quantitative estimate of drug-likeness (QED) is 0.314. The van der Waals surface area contributed by atoms with Crippen molar-refractivity contribution in [2.45, 2.75) is 20.8 Å². The molecule has 1 aromatic carbocycles. The first kappa shape index (κ1) is 23.8. The Labute approximate surface area is 210 Å². The number of anilines is 3. The zero-order valence-electron chi connectivity index (χ0n) is 19.4. The number of hydrogen-bond donors (Lipinski definition) is 2. The van der Waals surface area contributed by atoms with E-state index in [4.69, 9.17) is 28.8 Å². The Kier molecular flexibility index (Phi) is 7.54. The Morgan fingerprint density at radius 3 is 2.38 bits per heavy atom. The molecule has 1 aliphatic rings. The molecule has 0 saturated carbocycles. The highest BCUT2D eigenvalue weighted by atomic mass is 35.5. The number of rotatable bonds is 3. The lowest BCUT2D eigenvalue weighted by atomic mass is 10.2. The Hall–Kier alpha value is -3.30. The summed E-state index contributed by atoms with van der Waals surface area (Å²) in [6, 6.07) is 13.6. The maximum atomic E-state index is 6.43. The average Bonchev–Trinajstić information content (AvgIpc) is 2.82. The monoisotopic (exact) mass is 494 g/mol. The molecule has 3 heterocycles. The van der Waals surface area contributed by atoms with Crippen molar-refractivity contribution in [3.8, 4) is 0 Å². The molecule has 0 atom stereocenters. The van der Waals surface area contributed by atoms with Gasteiger partial charge in [-0.25, -0.2) is 15.0 Å². The molecule has 0 bridgehead atoms. The van der Waals surface area contributed by atoms with Crippen molar-refractivity contribution in [2.24, 2.45) is 4.99 Å². The number of benzene rings is 1. The van der Waals surface area contributed by atoms with Gasteiger partial charge < -0.3 is 15.1 Å². The summed E-state index contributed by atoms with van der Waals surface area (Å²) in [6.07, 6.45) is 1.81. The summed E-state index contributed by atoms with van der Waals surface area (Å²) in [5, 5.41) is 7.35. The van der Waals surface area contributed by atoms with Crippen molar-refractivity contribution in [3.63, 3.8) is 0 Å². The second kappa shape index (κ2) is 10.8. The Bertz CT molecular complexity index is 1170. The molecule has 34 heavy (non-hydrogen) atoms. The van der Waals surface area contributed by atoms with Gasteiger partial charge in [0.2, 0.25) is 17.0 Å². The Morgan fingerprint density at radius 1 is 0.971 bits per heavy atom. The van der Waals surface area contributed by atoms with E-state index in [2.05, 4.69) is 35.4 Å². The van der Waals surface area contributed by atoms with Crippen molar-refractivity contribution in [1.82, 2.24) is 19.9 Å². The third kappa shape index (κ3) is 5.98. The van der Waals surface area contributed by atoms with Crippen LogP contribution >= 0.6 is 23.8 Å². The lowest BCUT2D eigenvalue weighted by Crippen LogP contribution is -2.51. The summed E-state index contributed by atoms with van der Waals surface area (Å²) in [4.78, 5) is 22.6. The maximum Gasteiger partial charge on any atom is 0.229 e. The second-order valence-corrected chi connectivity index (χ2v) is 8.83. The predicted octanol–water partition coefficient (Wildman–Crippen LogP) is 4.44. The summed E-state index contributed by atoms with van der Waals surface area (Å²) in [5.74, 6) is 2.05. The van der Waals surface area contributed by atoms with Crippen LogP contribution in [0.25, 0.3) is 0 Å². The standard InChI is InChI=1S/C24H27ClN8S/c1-16-7-6-8-19(21(16)25)29-24(34)31-23(30-22-27-17(2)15-18(3)28-22)33-13-11-32(12-14-33)20-9-4-5-10-26-20/h4-10,15H,11-14H2,1-3H3,(H2,27,28,29,30,31,34). The molecule has 0 spiro atoms. The van der Waals surface area contributed by atoms with Gasteiger partial charge in [0.05, 0.1) is 10.7 Å². The first-order chi connectivity index (χ1) is 16.4. The molecule has 2 N–H and O–H groups in total. The highest BCUT2D eigenvalue weighted by Crippen LogP contribution is 2.25. The minimum absolute atomic E-state index is 0.298. The zero-order chi connectivity index (χ0) is 24.1. The minimum atomic E-state index is 0.298. The van der Waals surface area contributed by atoms with Gasteiger partial charge >= 0.3 is 0 Å². The molecule has 8 nitrogen and oxygen atoms in total. The number of aliphatic imine (C=N–C) groups is 1. The number of thiocarbonyl (C=S) groups is 1. The van der Waals surface area contributed by atoms with Crippen LogP contribution in [0.15, 0.2) is 53.7 Å². The van der Waals surface area contributed by atoms with Gasteiger partial charge in [-0.3, -0.25) is 5.32 Å². The largest absolute Gasteiger partial charge is 0.353 e. The molecular weight excluding hydrogens is 468 g/mol. The zero-order valence-corrected chi connectivity index (χ0v) is 21.0. The van der Waals surface area contributed by atoms with Gasteiger partial charge in [-0.2, -0.15) is 4.99 Å². The maximum absolute atomic E-state index is 6.43. The average molecular weight is 495 g/mol. The SMILES string of the molecule is Cc1cc(C)nc(N/C(=N/C(=S)Nc2cccc(C)c2Cl)N2CCN(c3ccccn3)CC2)n1. The molecule has 3 aromatic rings. The number of pyridine rings is 1. The smallest absolute Gasteiger partial charge is 0.229 e. The Morgan fingerprint density at radius 2 is 1.71 bits per heavy atom. The van der Waals surface area contributed by atoms with Gasteiger partial charge in [0.25, 0.3) is 0 Å². The highest BCUT2D eigenvalue weighted by Gasteiger charge is 2.22. The van der Waals surface area contributed by atoms with Gasteiger partial charge in [-0.1, -0.05) is 29.8 Å². The van der Waals surface area contributed by atoms with E-state index in [9.17, 15) is 0 Å². The number of halogens is 1. The van der Waals surface area contributed by atoms with Gasteiger partial charge in [-0.05, 0) is 62.8 Å². The van der Waals surface area contributed by atoms with E-state index in [-0.39, 0.29) is 0 Å². The predicted molar refractivity (Wildman–Crippen MR) is 143 cm³/mol. The van der Waals surface area contributed by atoms with E-state index in [1.807, 2.05) is 69.4 Å². The molecule has 176 valence electrons. The molecule has 0 radical (unpaired) electrons. The molecule has 0 unspecified atom stereocenters. The first-order valence-corrected chi connectivity index (χ1v) is 11.8. The first-order valence-electron chi connectivity index (χ1n) is 11.0. The van der Waals surface area contributed by atoms with Crippen LogP contribution in [0.1, 0.15) is 17.0 Å². The Balaban J connectivity index is 1.55. The number of nitrogens with zero attached hydrogens (tertiary/aromatic N) is 6. The van der Waals surface area contributed by atoms with E-state index in [1.165, 1.54) is 0 Å². The van der Waals surface area contributed by atoms with Crippen LogP contribution in [-0.2, 0) is 0 Å². The summed E-state index contributed by atoms with van der Waals surface area (Å²) < 4.78 is 0. The van der Waals surface area contributed by atoms with Crippen LogP contribution in [0.4, 0.5) is 17.5 Å². The topological polar surface area (TPSA) is 81.6 Å².